The molecular weight excluding hydrogens is 288 g/mol. The van der Waals surface area contributed by atoms with E-state index in [0.717, 1.165) is 4.90 Å². The number of ether oxygens (including phenoxy) is 1. The van der Waals surface area contributed by atoms with Gasteiger partial charge in [0.1, 0.15) is 18.8 Å². The second-order valence-electron chi connectivity index (χ2n) is 3.86. The third-order valence-electron chi connectivity index (χ3n) is 2.18. The first-order valence-electron chi connectivity index (χ1n) is 5.54. The average molecular weight is 301 g/mol. The first kappa shape index (κ1) is 15.8. The molecule has 0 aromatic heterocycles. The van der Waals surface area contributed by atoms with E-state index < -0.39 is 37.5 Å². The summed E-state index contributed by atoms with van der Waals surface area (Å²) in [6.07, 6.45) is 0. The fourth-order valence-electron chi connectivity index (χ4n) is 1.38. The van der Waals surface area contributed by atoms with E-state index >= 15 is 0 Å². The van der Waals surface area contributed by atoms with E-state index in [4.69, 9.17) is 27.2 Å². The van der Waals surface area contributed by atoms with Gasteiger partial charge in [-0.15, -0.1) is 0 Å². The third-order valence-corrected chi connectivity index (χ3v) is 2.42. The number of rotatable bonds is 7. The van der Waals surface area contributed by atoms with Crippen molar-refractivity contribution in [2.24, 2.45) is 5.73 Å². The highest BCUT2D eigenvalue weighted by atomic mass is 35.5. The van der Waals surface area contributed by atoms with Gasteiger partial charge in [0.05, 0.1) is 0 Å². The normalized spacial score (nSPS) is 9.85. The van der Waals surface area contributed by atoms with Crippen LogP contribution >= 0.6 is 11.6 Å². The van der Waals surface area contributed by atoms with Gasteiger partial charge in [0.2, 0.25) is 5.91 Å². The maximum absolute atomic E-state index is 11.8. The number of halogens is 1. The summed E-state index contributed by atoms with van der Waals surface area (Å²) in [6, 6.07) is 6.37. The van der Waals surface area contributed by atoms with Crippen molar-refractivity contribution in [3.05, 3.63) is 29.3 Å². The molecule has 0 bridgehead atoms. The van der Waals surface area contributed by atoms with Crippen molar-refractivity contribution in [3.8, 4) is 5.75 Å². The number of aliphatic carboxylic acids is 1. The lowest BCUT2D eigenvalue weighted by Crippen LogP contribution is -2.43. The highest BCUT2D eigenvalue weighted by Gasteiger charge is 2.19. The molecule has 1 rings (SSSR count). The number of nitrogens with two attached hydrogens (primary N) is 1. The third kappa shape index (κ3) is 5.57. The Kier molecular flexibility index (Phi) is 5.79. The van der Waals surface area contributed by atoms with E-state index in [1.54, 1.807) is 18.2 Å². The molecule has 1 aromatic carbocycles. The molecule has 0 aliphatic rings. The van der Waals surface area contributed by atoms with E-state index in [1.165, 1.54) is 6.07 Å². The Balaban J connectivity index is 2.61. The summed E-state index contributed by atoms with van der Waals surface area (Å²) < 4.78 is 5.17. The predicted molar refractivity (Wildman–Crippen MR) is 70.4 cm³/mol. The summed E-state index contributed by atoms with van der Waals surface area (Å²) >= 11 is 5.75. The molecule has 0 radical (unpaired) electrons. The number of carboxylic acids is 1. The maximum Gasteiger partial charge on any atom is 0.323 e. The lowest BCUT2D eigenvalue weighted by atomic mass is 10.3. The second kappa shape index (κ2) is 7.34. The summed E-state index contributed by atoms with van der Waals surface area (Å²) in [4.78, 5) is 34.0. The lowest BCUT2D eigenvalue weighted by molar-refractivity contribution is -0.146. The van der Waals surface area contributed by atoms with Crippen LogP contribution in [0.15, 0.2) is 24.3 Å². The molecule has 0 aliphatic heterocycles. The van der Waals surface area contributed by atoms with Gasteiger partial charge in [0.25, 0.3) is 5.91 Å². The second-order valence-corrected chi connectivity index (χ2v) is 4.29. The molecule has 0 spiro atoms. The zero-order valence-corrected chi connectivity index (χ0v) is 11.2. The van der Waals surface area contributed by atoms with Gasteiger partial charge in [0.15, 0.2) is 6.61 Å². The molecular formula is C12H13ClN2O5. The minimum absolute atomic E-state index is 0.361. The number of carbonyl (C=O) groups is 3. The molecule has 0 heterocycles. The molecule has 1 aromatic rings. The van der Waals surface area contributed by atoms with E-state index in [9.17, 15) is 14.4 Å². The van der Waals surface area contributed by atoms with Crippen molar-refractivity contribution in [1.82, 2.24) is 4.90 Å². The molecule has 3 N–H and O–H groups in total. The molecule has 0 saturated carbocycles. The van der Waals surface area contributed by atoms with Crippen LogP contribution in [-0.2, 0) is 14.4 Å². The minimum Gasteiger partial charge on any atom is -0.484 e. The molecule has 0 aliphatic carbocycles. The Bertz CT molecular complexity index is 504. The molecule has 0 saturated heterocycles. The molecule has 7 nitrogen and oxygen atoms in total. The summed E-state index contributed by atoms with van der Waals surface area (Å²) in [7, 11) is 0. The van der Waals surface area contributed by atoms with Crippen LogP contribution in [0.1, 0.15) is 0 Å². The number of hydrogen-bond acceptors (Lipinski definition) is 4. The average Bonchev–Trinajstić information content (AvgIpc) is 2.34. The Morgan fingerprint density at radius 3 is 2.55 bits per heavy atom. The summed E-state index contributed by atoms with van der Waals surface area (Å²) in [5.74, 6) is -2.35. The van der Waals surface area contributed by atoms with Crippen LogP contribution in [0.25, 0.3) is 0 Å². The highest BCUT2D eigenvalue weighted by Crippen LogP contribution is 2.16. The van der Waals surface area contributed by atoms with E-state index in [2.05, 4.69) is 0 Å². The van der Waals surface area contributed by atoms with Gasteiger partial charge in [-0.25, -0.2) is 0 Å². The van der Waals surface area contributed by atoms with Gasteiger partial charge in [-0.05, 0) is 18.2 Å². The minimum atomic E-state index is -1.25. The molecule has 0 fully saturated rings. The number of hydrogen-bond donors (Lipinski definition) is 2. The molecule has 0 unspecified atom stereocenters. The Hall–Kier alpha value is -2.28. The van der Waals surface area contributed by atoms with Crippen molar-refractivity contribution in [3.63, 3.8) is 0 Å². The van der Waals surface area contributed by atoms with Gasteiger partial charge < -0.3 is 20.5 Å². The number of primary amides is 1. The highest BCUT2D eigenvalue weighted by molar-refractivity contribution is 6.30. The van der Waals surface area contributed by atoms with Crippen LogP contribution in [0.2, 0.25) is 5.02 Å². The van der Waals surface area contributed by atoms with Crippen molar-refractivity contribution in [1.29, 1.82) is 0 Å². The van der Waals surface area contributed by atoms with E-state index in [1.807, 2.05) is 0 Å². The number of benzene rings is 1. The summed E-state index contributed by atoms with van der Waals surface area (Å²) in [5.41, 5.74) is 4.95. The predicted octanol–water partition coefficient (Wildman–Crippen LogP) is 0.117. The number of amides is 2. The standard InChI is InChI=1S/C12H13ClN2O5/c13-8-2-1-3-9(4-8)20-7-11(17)15(5-10(14)16)6-12(18)19/h1-4H,5-7H2,(H2,14,16)(H,18,19). The van der Waals surface area contributed by atoms with Crippen LogP contribution in [0.5, 0.6) is 5.75 Å². The van der Waals surface area contributed by atoms with E-state index in [-0.39, 0.29) is 0 Å². The van der Waals surface area contributed by atoms with Crippen LogP contribution in [0.3, 0.4) is 0 Å². The zero-order chi connectivity index (χ0) is 15.1. The van der Waals surface area contributed by atoms with Gasteiger partial charge in [0, 0.05) is 5.02 Å². The fourth-order valence-corrected chi connectivity index (χ4v) is 1.56. The molecule has 8 heteroatoms. The van der Waals surface area contributed by atoms with Gasteiger partial charge in [-0.2, -0.15) is 0 Å². The van der Waals surface area contributed by atoms with Crippen LogP contribution in [-0.4, -0.2) is 47.5 Å². The van der Waals surface area contributed by atoms with Crippen molar-refractivity contribution >= 4 is 29.4 Å². The Morgan fingerprint density at radius 1 is 1.30 bits per heavy atom. The summed E-state index contributed by atoms with van der Waals surface area (Å²) in [5, 5.41) is 9.10. The van der Waals surface area contributed by atoms with Gasteiger partial charge in [-0.1, -0.05) is 17.7 Å². The van der Waals surface area contributed by atoms with E-state index in [0.29, 0.717) is 10.8 Å². The Morgan fingerprint density at radius 2 is 2.00 bits per heavy atom. The largest absolute Gasteiger partial charge is 0.484 e. The van der Waals surface area contributed by atoms with Crippen LogP contribution in [0, 0.1) is 0 Å². The van der Waals surface area contributed by atoms with Crippen LogP contribution in [0.4, 0.5) is 0 Å². The van der Waals surface area contributed by atoms with Crippen molar-refractivity contribution in [2.45, 2.75) is 0 Å². The SMILES string of the molecule is NC(=O)CN(CC(=O)O)C(=O)COc1cccc(Cl)c1. The fraction of sp³-hybridized carbons (Fsp3) is 0.250. The molecule has 20 heavy (non-hydrogen) atoms. The lowest BCUT2D eigenvalue weighted by Gasteiger charge is -2.19. The van der Waals surface area contributed by atoms with Gasteiger partial charge in [-0.3, -0.25) is 14.4 Å². The molecule has 108 valence electrons. The van der Waals surface area contributed by atoms with Crippen LogP contribution < -0.4 is 10.5 Å². The first-order chi connectivity index (χ1) is 9.38. The number of carboxylic acid groups (broad SMARTS) is 1. The smallest absolute Gasteiger partial charge is 0.323 e. The van der Waals surface area contributed by atoms with Gasteiger partial charge >= 0.3 is 5.97 Å². The topological polar surface area (TPSA) is 110 Å². The monoisotopic (exact) mass is 300 g/mol. The Labute approximate surface area is 119 Å². The quantitative estimate of drug-likeness (QED) is 0.743. The number of carbonyl (C=O) groups excluding carboxylic acids is 2. The summed E-state index contributed by atoms with van der Waals surface area (Å²) in [6.45, 7) is -1.52. The zero-order valence-electron chi connectivity index (χ0n) is 10.4. The maximum atomic E-state index is 11.8. The van der Waals surface area contributed by atoms with Crippen molar-refractivity contribution in [2.75, 3.05) is 19.7 Å². The number of nitrogens with zero attached hydrogens (tertiary/aromatic N) is 1. The molecule has 2 amide bonds. The molecule has 0 atom stereocenters. The first-order valence-corrected chi connectivity index (χ1v) is 5.92. The van der Waals surface area contributed by atoms with Crippen molar-refractivity contribution < 1.29 is 24.2 Å².